The van der Waals surface area contributed by atoms with Crippen molar-refractivity contribution in [3.8, 4) is 5.75 Å². The van der Waals surface area contributed by atoms with Gasteiger partial charge in [-0.3, -0.25) is 9.10 Å². The van der Waals surface area contributed by atoms with E-state index >= 15 is 0 Å². The molecule has 30 heavy (non-hydrogen) atoms. The molecule has 0 aliphatic heterocycles. The average molecular weight is 441 g/mol. The van der Waals surface area contributed by atoms with E-state index in [1.54, 1.807) is 7.11 Å². The normalized spacial score (nSPS) is 11.2. The van der Waals surface area contributed by atoms with E-state index in [4.69, 9.17) is 4.74 Å². The Bertz CT molecular complexity index is 967. The Kier molecular flexibility index (Phi) is 8.58. The maximum atomic E-state index is 13.4. The van der Waals surface area contributed by atoms with Gasteiger partial charge in [-0.15, -0.1) is 0 Å². The molecule has 2 aromatic carbocycles. The van der Waals surface area contributed by atoms with Crippen molar-refractivity contribution in [2.24, 2.45) is 0 Å². The number of hydrogen-bond acceptors (Lipinski definition) is 4. The highest BCUT2D eigenvalue weighted by atomic mass is 32.2. The predicted octanol–water partition coefficient (Wildman–Crippen LogP) is 3.27. The van der Waals surface area contributed by atoms with Crippen LogP contribution in [0, 0.1) is 11.6 Å². The summed E-state index contributed by atoms with van der Waals surface area (Å²) in [4.78, 5) is 12.0. The number of ether oxygens (including phenoxy) is 1. The summed E-state index contributed by atoms with van der Waals surface area (Å²) in [6, 6.07) is 10.6. The predicted molar refractivity (Wildman–Crippen MR) is 112 cm³/mol. The molecule has 1 amide bonds. The van der Waals surface area contributed by atoms with Crippen molar-refractivity contribution < 1.29 is 26.7 Å². The van der Waals surface area contributed by atoms with E-state index in [2.05, 4.69) is 5.32 Å². The van der Waals surface area contributed by atoms with Crippen LogP contribution in [0.3, 0.4) is 0 Å². The molecule has 0 saturated carbocycles. The highest BCUT2D eigenvalue weighted by molar-refractivity contribution is 7.92. The lowest BCUT2D eigenvalue weighted by atomic mass is 10.1. The van der Waals surface area contributed by atoms with Gasteiger partial charge in [0.15, 0.2) is 11.6 Å². The molecule has 0 atom stereocenters. The van der Waals surface area contributed by atoms with Gasteiger partial charge in [0.2, 0.25) is 15.9 Å². The molecule has 0 heterocycles. The molecule has 0 radical (unpaired) electrons. The number of halogens is 2. The molecule has 2 rings (SSSR count). The van der Waals surface area contributed by atoms with Crippen LogP contribution in [0.25, 0.3) is 0 Å². The first-order valence-electron chi connectivity index (χ1n) is 9.53. The molecule has 9 heteroatoms. The lowest BCUT2D eigenvalue weighted by Crippen LogP contribution is -2.32. The molecule has 0 saturated heterocycles. The number of sulfonamides is 1. The van der Waals surface area contributed by atoms with Crippen molar-refractivity contribution in [1.82, 2.24) is 5.32 Å². The van der Waals surface area contributed by atoms with Crippen molar-refractivity contribution in [2.45, 2.75) is 25.7 Å². The number of carbonyl (C=O) groups is 1. The molecule has 164 valence electrons. The molecule has 6 nitrogen and oxygen atoms in total. The summed E-state index contributed by atoms with van der Waals surface area (Å²) in [7, 11) is -2.09. The number of aryl methyl sites for hydroxylation is 1. The van der Waals surface area contributed by atoms with Crippen LogP contribution in [-0.4, -0.2) is 40.8 Å². The van der Waals surface area contributed by atoms with Gasteiger partial charge in [0.25, 0.3) is 0 Å². The molecular formula is C21H26F2N2O4S. The fraction of sp³-hybridized carbons (Fsp3) is 0.381. The Labute approximate surface area is 175 Å². The van der Waals surface area contributed by atoms with Crippen molar-refractivity contribution in [2.75, 3.05) is 30.8 Å². The number of nitrogens with zero attached hydrogens (tertiary/aromatic N) is 1. The van der Waals surface area contributed by atoms with Crippen LogP contribution in [0.1, 0.15) is 24.8 Å². The van der Waals surface area contributed by atoms with E-state index < -0.39 is 21.7 Å². The van der Waals surface area contributed by atoms with Gasteiger partial charge in [-0.1, -0.05) is 12.1 Å². The lowest BCUT2D eigenvalue weighted by molar-refractivity contribution is -0.121. The standard InChI is InChI=1S/C21H26F2N2O4S/c1-29-18-8-3-6-16(14-18)7-4-12-24-21(26)9-5-13-25(30(2,27)28)17-10-11-19(22)20(23)15-17/h3,6,8,10-11,14-15H,4-5,7,9,12-13H2,1-2H3,(H,24,26). The Morgan fingerprint density at radius 3 is 2.53 bits per heavy atom. The highest BCUT2D eigenvalue weighted by Gasteiger charge is 2.19. The summed E-state index contributed by atoms with van der Waals surface area (Å²) >= 11 is 0. The van der Waals surface area contributed by atoms with E-state index in [1.165, 1.54) is 6.07 Å². The largest absolute Gasteiger partial charge is 0.497 e. The molecule has 0 bridgehead atoms. The van der Waals surface area contributed by atoms with Gasteiger partial charge in [0, 0.05) is 25.6 Å². The number of amides is 1. The SMILES string of the molecule is COc1cccc(CCCNC(=O)CCCN(c2ccc(F)c(F)c2)S(C)(=O)=O)c1. The van der Waals surface area contributed by atoms with E-state index in [0.29, 0.717) is 6.54 Å². The molecule has 0 unspecified atom stereocenters. The van der Waals surface area contributed by atoms with Gasteiger partial charge in [-0.25, -0.2) is 17.2 Å². The minimum Gasteiger partial charge on any atom is -0.497 e. The minimum absolute atomic E-state index is 0.0128. The lowest BCUT2D eigenvalue weighted by Gasteiger charge is -2.22. The third-order valence-electron chi connectivity index (χ3n) is 4.46. The molecule has 0 aliphatic carbocycles. The van der Waals surface area contributed by atoms with Gasteiger partial charge >= 0.3 is 0 Å². The van der Waals surface area contributed by atoms with Gasteiger partial charge in [-0.05, 0) is 49.1 Å². The Morgan fingerprint density at radius 1 is 1.10 bits per heavy atom. The van der Waals surface area contributed by atoms with Crippen LogP contribution >= 0.6 is 0 Å². The zero-order chi connectivity index (χ0) is 22.1. The number of hydrogen-bond donors (Lipinski definition) is 1. The van der Waals surface area contributed by atoms with E-state index in [9.17, 15) is 22.0 Å². The first kappa shape index (κ1) is 23.6. The van der Waals surface area contributed by atoms with Crippen molar-refractivity contribution in [1.29, 1.82) is 0 Å². The molecule has 0 aromatic heterocycles. The molecule has 0 aliphatic rings. The Balaban J connectivity index is 1.77. The Morgan fingerprint density at radius 2 is 1.87 bits per heavy atom. The van der Waals surface area contributed by atoms with E-state index in [-0.39, 0.29) is 31.0 Å². The molecular weight excluding hydrogens is 414 g/mol. The summed E-state index contributed by atoms with van der Waals surface area (Å²) in [5.74, 6) is -1.59. The maximum absolute atomic E-state index is 13.4. The number of methoxy groups -OCH3 is 1. The second kappa shape index (κ2) is 10.9. The first-order chi connectivity index (χ1) is 14.2. The van der Waals surface area contributed by atoms with Crippen LogP contribution < -0.4 is 14.4 Å². The second-order valence-electron chi connectivity index (χ2n) is 6.84. The van der Waals surface area contributed by atoms with Gasteiger partial charge in [0.1, 0.15) is 5.75 Å². The molecule has 2 aromatic rings. The van der Waals surface area contributed by atoms with Crippen LogP contribution in [0.2, 0.25) is 0 Å². The van der Waals surface area contributed by atoms with Crippen LogP contribution in [0.15, 0.2) is 42.5 Å². The molecule has 0 spiro atoms. The third kappa shape index (κ3) is 7.29. The summed E-state index contributed by atoms with van der Waals surface area (Å²) in [6.45, 7) is 0.482. The number of nitrogens with one attached hydrogen (secondary N) is 1. The zero-order valence-corrected chi connectivity index (χ0v) is 17.8. The number of anilines is 1. The second-order valence-corrected chi connectivity index (χ2v) is 8.75. The maximum Gasteiger partial charge on any atom is 0.232 e. The van der Waals surface area contributed by atoms with Crippen LogP contribution in [-0.2, 0) is 21.2 Å². The fourth-order valence-corrected chi connectivity index (χ4v) is 3.90. The first-order valence-corrected chi connectivity index (χ1v) is 11.4. The number of carbonyl (C=O) groups excluding carboxylic acids is 1. The fourth-order valence-electron chi connectivity index (χ4n) is 2.95. The van der Waals surface area contributed by atoms with Gasteiger partial charge in [-0.2, -0.15) is 0 Å². The van der Waals surface area contributed by atoms with E-state index in [0.717, 1.165) is 46.8 Å². The van der Waals surface area contributed by atoms with Crippen molar-refractivity contribution in [3.05, 3.63) is 59.7 Å². The van der Waals surface area contributed by atoms with Crippen molar-refractivity contribution in [3.63, 3.8) is 0 Å². The highest BCUT2D eigenvalue weighted by Crippen LogP contribution is 2.21. The van der Waals surface area contributed by atoms with Gasteiger partial charge in [0.05, 0.1) is 19.1 Å². The minimum atomic E-state index is -3.70. The zero-order valence-electron chi connectivity index (χ0n) is 17.0. The third-order valence-corrected chi connectivity index (χ3v) is 5.65. The van der Waals surface area contributed by atoms with E-state index in [1.807, 2.05) is 24.3 Å². The summed E-state index contributed by atoms with van der Waals surface area (Å²) < 4.78 is 56.7. The van der Waals surface area contributed by atoms with Crippen molar-refractivity contribution >= 4 is 21.6 Å². The monoisotopic (exact) mass is 440 g/mol. The summed E-state index contributed by atoms with van der Waals surface area (Å²) in [5.41, 5.74) is 1.13. The molecule has 0 fully saturated rings. The Hall–Kier alpha value is -2.68. The quantitative estimate of drug-likeness (QED) is 0.544. The summed E-state index contributed by atoms with van der Waals surface area (Å²) in [5, 5.41) is 2.80. The van der Waals surface area contributed by atoms with Crippen LogP contribution in [0.4, 0.5) is 14.5 Å². The number of benzene rings is 2. The summed E-state index contributed by atoms with van der Waals surface area (Å²) in [6.07, 6.45) is 2.88. The number of rotatable bonds is 11. The topological polar surface area (TPSA) is 75.7 Å². The van der Waals surface area contributed by atoms with Crippen LogP contribution in [0.5, 0.6) is 5.75 Å². The van der Waals surface area contributed by atoms with Gasteiger partial charge < -0.3 is 10.1 Å². The molecule has 1 N–H and O–H groups in total. The smallest absolute Gasteiger partial charge is 0.232 e. The average Bonchev–Trinajstić information content (AvgIpc) is 2.70.